The highest BCUT2D eigenvalue weighted by molar-refractivity contribution is 6.43. The van der Waals surface area contributed by atoms with E-state index in [1.54, 1.807) is 6.92 Å². The topological polar surface area (TPSA) is 82.1 Å². The summed E-state index contributed by atoms with van der Waals surface area (Å²) in [6.45, 7) is 2.31. The molecule has 1 aliphatic rings. The van der Waals surface area contributed by atoms with Crippen LogP contribution >= 0.6 is 11.6 Å². The Bertz CT molecular complexity index is 554. The Kier molecular flexibility index (Phi) is 4.34. The first kappa shape index (κ1) is 14.5. The first-order valence-electron chi connectivity index (χ1n) is 6.08. The summed E-state index contributed by atoms with van der Waals surface area (Å²) in [6.07, 6.45) is 0.611. The van der Waals surface area contributed by atoms with E-state index in [1.165, 1.54) is 6.07 Å². The number of Topliss-reactive ketones (excluding diaryl/α,β-unsaturated/α-hetero) is 1. The SMILES string of the molecule is CCOC(=O)C(=O)c1c(O)c(Cl)cc2c1OCCCO2. The Balaban J connectivity index is 2.53. The summed E-state index contributed by atoms with van der Waals surface area (Å²) in [7, 11) is 0. The fourth-order valence-electron chi connectivity index (χ4n) is 1.77. The fraction of sp³-hybridized carbons (Fsp3) is 0.385. The second kappa shape index (κ2) is 6.00. The van der Waals surface area contributed by atoms with Gasteiger partial charge in [-0.15, -0.1) is 0 Å². The third-order valence-electron chi connectivity index (χ3n) is 2.65. The van der Waals surface area contributed by atoms with E-state index in [2.05, 4.69) is 4.74 Å². The fourth-order valence-corrected chi connectivity index (χ4v) is 1.97. The number of fused-ring (bicyclic) bond motifs is 1. The molecule has 1 aliphatic heterocycles. The summed E-state index contributed by atoms with van der Waals surface area (Å²) >= 11 is 5.84. The van der Waals surface area contributed by atoms with Gasteiger partial charge in [0.2, 0.25) is 0 Å². The van der Waals surface area contributed by atoms with Crippen molar-refractivity contribution in [1.82, 2.24) is 0 Å². The van der Waals surface area contributed by atoms with Crippen molar-refractivity contribution in [3.63, 3.8) is 0 Å². The number of ether oxygens (including phenoxy) is 3. The van der Waals surface area contributed by atoms with Crippen molar-refractivity contribution in [3.05, 3.63) is 16.7 Å². The molecule has 0 unspecified atom stereocenters. The minimum atomic E-state index is -1.08. The van der Waals surface area contributed by atoms with Crippen LogP contribution in [0.2, 0.25) is 5.02 Å². The predicted molar refractivity (Wildman–Crippen MR) is 69.7 cm³/mol. The van der Waals surface area contributed by atoms with Gasteiger partial charge in [0.15, 0.2) is 11.5 Å². The molecule has 0 saturated heterocycles. The Labute approximate surface area is 120 Å². The lowest BCUT2D eigenvalue weighted by Crippen LogP contribution is -2.19. The highest BCUT2D eigenvalue weighted by atomic mass is 35.5. The van der Waals surface area contributed by atoms with Crippen molar-refractivity contribution in [2.24, 2.45) is 0 Å². The molecule has 2 rings (SSSR count). The normalized spacial score (nSPS) is 13.5. The number of carbonyl (C=O) groups excluding carboxylic acids is 2. The molecule has 1 aromatic carbocycles. The van der Waals surface area contributed by atoms with E-state index < -0.39 is 17.5 Å². The number of hydrogen-bond acceptors (Lipinski definition) is 6. The van der Waals surface area contributed by atoms with Gasteiger partial charge in [-0.2, -0.15) is 0 Å². The Morgan fingerprint density at radius 2 is 2.10 bits per heavy atom. The van der Waals surface area contributed by atoms with E-state index in [0.29, 0.717) is 19.6 Å². The van der Waals surface area contributed by atoms with E-state index in [1.807, 2.05) is 0 Å². The number of hydrogen-bond donors (Lipinski definition) is 1. The zero-order chi connectivity index (χ0) is 14.7. The van der Waals surface area contributed by atoms with Crippen LogP contribution in [0.3, 0.4) is 0 Å². The van der Waals surface area contributed by atoms with Crippen molar-refractivity contribution >= 4 is 23.4 Å². The van der Waals surface area contributed by atoms with Gasteiger partial charge in [0.25, 0.3) is 5.78 Å². The molecule has 7 heteroatoms. The van der Waals surface area contributed by atoms with E-state index in [4.69, 9.17) is 21.1 Å². The average molecular weight is 301 g/mol. The summed E-state index contributed by atoms with van der Waals surface area (Å²) in [4.78, 5) is 23.6. The molecule has 0 bridgehead atoms. The predicted octanol–water partition coefficient (Wildman–Crippen LogP) is 1.95. The molecule has 0 saturated carbocycles. The number of carbonyl (C=O) groups is 2. The summed E-state index contributed by atoms with van der Waals surface area (Å²) < 4.78 is 15.4. The number of rotatable bonds is 3. The maximum Gasteiger partial charge on any atom is 0.379 e. The third kappa shape index (κ3) is 2.65. The highest BCUT2D eigenvalue weighted by Gasteiger charge is 2.31. The van der Waals surface area contributed by atoms with Gasteiger partial charge >= 0.3 is 5.97 Å². The van der Waals surface area contributed by atoms with Crippen molar-refractivity contribution in [3.8, 4) is 17.2 Å². The molecule has 1 N–H and O–H groups in total. The number of ketones is 1. The average Bonchev–Trinajstić information content (AvgIpc) is 2.65. The van der Waals surface area contributed by atoms with Crippen LogP contribution in [0.4, 0.5) is 0 Å². The van der Waals surface area contributed by atoms with Crippen LogP contribution in [0.25, 0.3) is 0 Å². The largest absolute Gasteiger partial charge is 0.505 e. The van der Waals surface area contributed by atoms with Gasteiger partial charge in [-0.1, -0.05) is 11.6 Å². The number of benzene rings is 1. The maximum atomic E-state index is 12.1. The molecular formula is C13H13ClO6. The molecule has 1 heterocycles. The molecule has 0 radical (unpaired) electrons. The molecule has 108 valence electrons. The Morgan fingerprint density at radius 3 is 2.80 bits per heavy atom. The van der Waals surface area contributed by atoms with Gasteiger partial charge < -0.3 is 19.3 Å². The van der Waals surface area contributed by atoms with Crippen LogP contribution in [-0.2, 0) is 9.53 Å². The van der Waals surface area contributed by atoms with Gasteiger partial charge in [-0.05, 0) is 6.92 Å². The lowest BCUT2D eigenvalue weighted by atomic mass is 10.1. The van der Waals surface area contributed by atoms with Crippen LogP contribution in [0.1, 0.15) is 23.7 Å². The van der Waals surface area contributed by atoms with Gasteiger partial charge in [0, 0.05) is 12.5 Å². The second-order valence-electron chi connectivity index (χ2n) is 4.01. The molecule has 1 aromatic rings. The first-order valence-corrected chi connectivity index (χ1v) is 6.46. The molecule has 0 spiro atoms. The van der Waals surface area contributed by atoms with E-state index in [0.717, 1.165) is 0 Å². The molecule has 0 fully saturated rings. The number of halogens is 1. The van der Waals surface area contributed by atoms with Crippen molar-refractivity contribution in [2.45, 2.75) is 13.3 Å². The first-order chi connectivity index (χ1) is 9.56. The molecule has 0 aromatic heterocycles. The summed E-state index contributed by atoms with van der Waals surface area (Å²) in [5.74, 6) is -2.39. The lowest BCUT2D eigenvalue weighted by Gasteiger charge is -2.14. The summed E-state index contributed by atoms with van der Waals surface area (Å²) in [5.41, 5.74) is -0.326. The van der Waals surface area contributed by atoms with Gasteiger partial charge in [-0.25, -0.2) is 4.79 Å². The molecule has 0 aliphatic carbocycles. The van der Waals surface area contributed by atoms with Gasteiger partial charge in [-0.3, -0.25) is 4.79 Å². The van der Waals surface area contributed by atoms with Crippen LogP contribution in [0.15, 0.2) is 6.07 Å². The van der Waals surface area contributed by atoms with Crippen molar-refractivity contribution in [1.29, 1.82) is 0 Å². The van der Waals surface area contributed by atoms with E-state index in [-0.39, 0.29) is 28.7 Å². The number of phenolic OH excluding ortho intramolecular Hbond substituents is 1. The molecule has 6 nitrogen and oxygen atoms in total. The molecular weight excluding hydrogens is 288 g/mol. The van der Waals surface area contributed by atoms with Crippen LogP contribution in [0.5, 0.6) is 17.2 Å². The minimum Gasteiger partial charge on any atom is -0.505 e. The van der Waals surface area contributed by atoms with Gasteiger partial charge in [0.05, 0.1) is 24.8 Å². The zero-order valence-corrected chi connectivity index (χ0v) is 11.5. The minimum absolute atomic E-state index is 0.0162. The second-order valence-corrected chi connectivity index (χ2v) is 4.42. The Morgan fingerprint density at radius 1 is 1.40 bits per heavy atom. The molecule has 20 heavy (non-hydrogen) atoms. The number of esters is 1. The number of phenols is 1. The summed E-state index contributed by atoms with van der Waals surface area (Å²) in [5, 5.41) is 9.84. The maximum absolute atomic E-state index is 12.1. The highest BCUT2D eigenvalue weighted by Crippen LogP contribution is 2.43. The number of aromatic hydroxyl groups is 1. The van der Waals surface area contributed by atoms with Gasteiger partial charge in [0.1, 0.15) is 11.3 Å². The van der Waals surface area contributed by atoms with E-state index >= 15 is 0 Å². The molecule has 0 atom stereocenters. The smallest absolute Gasteiger partial charge is 0.379 e. The Hall–Kier alpha value is -1.95. The standard InChI is InChI=1S/C13H13ClO6/c1-2-18-13(17)11(16)9-10(15)7(14)6-8-12(9)20-5-3-4-19-8/h6,15H,2-5H2,1H3. The quantitative estimate of drug-likeness (QED) is 0.522. The van der Waals surface area contributed by atoms with Crippen LogP contribution in [0, 0.1) is 0 Å². The van der Waals surface area contributed by atoms with Crippen LogP contribution in [-0.4, -0.2) is 36.7 Å². The van der Waals surface area contributed by atoms with Crippen molar-refractivity contribution in [2.75, 3.05) is 19.8 Å². The van der Waals surface area contributed by atoms with Crippen LogP contribution < -0.4 is 9.47 Å². The summed E-state index contributed by atoms with van der Waals surface area (Å²) in [6, 6.07) is 1.35. The van der Waals surface area contributed by atoms with E-state index in [9.17, 15) is 14.7 Å². The lowest BCUT2D eigenvalue weighted by molar-refractivity contribution is -0.137. The monoisotopic (exact) mass is 300 g/mol. The third-order valence-corrected chi connectivity index (χ3v) is 2.94. The molecule has 0 amide bonds. The zero-order valence-electron chi connectivity index (χ0n) is 10.8. The van der Waals surface area contributed by atoms with Crippen molar-refractivity contribution < 1.29 is 28.9 Å².